The van der Waals surface area contributed by atoms with Crippen molar-refractivity contribution in [1.29, 1.82) is 0 Å². The second-order valence-electron chi connectivity index (χ2n) is 10.3. The number of benzene rings is 2. The van der Waals surface area contributed by atoms with E-state index in [1.807, 2.05) is 6.92 Å². The molecule has 1 aliphatic rings. The monoisotopic (exact) mass is 569 g/mol. The first-order valence-corrected chi connectivity index (χ1v) is 13.3. The number of carbonyl (C=O) groups excluding carboxylic acids is 1. The molecule has 41 heavy (non-hydrogen) atoms. The number of rotatable bonds is 6. The standard InChI is InChI=1S/C31H28F5N3O2/c1-4-5-6-9-38-27-16(2)11-21(31(34,35)36)25-20-8-7-10-39-24(15-18(28(20)39)12-17(3)41-30(25)27)29(40)19-13-22(32)26(37)23(33)14-19/h7-11,13-15,17H,4-6,12,37H2,1-3H3. The summed E-state index contributed by atoms with van der Waals surface area (Å²) in [5.74, 6) is -2.86. The van der Waals surface area contributed by atoms with E-state index >= 15 is 0 Å². The molecule has 214 valence electrons. The second-order valence-corrected chi connectivity index (χ2v) is 10.3. The van der Waals surface area contributed by atoms with Crippen LogP contribution in [-0.4, -0.2) is 22.5 Å². The van der Waals surface area contributed by atoms with Gasteiger partial charge in [0, 0.05) is 35.5 Å². The normalized spacial score (nSPS) is 15.1. The number of fused-ring (bicyclic) bond motifs is 2. The number of pyridine rings is 1. The summed E-state index contributed by atoms with van der Waals surface area (Å²) < 4.78 is 79.7. The summed E-state index contributed by atoms with van der Waals surface area (Å²) in [4.78, 5) is 18.1. The number of hydrogen-bond donors (Lipinski definition) is 1. The molecule has 5 nitrogen and oxygen atoms in total. The number of aromatic nitrogens is 1. The van der Waals surface area contributed by atoms with Crippen LogP contribution in [-0.2, 0) is 12.6 Å². The highest BCUT2D eigenvalue weighted by Crippen LogP contribution is 2.51. The lowest BCUT2D eigenvalue weighted by Crippen LogP contribution is -2.19. The van der Waals surface area contributed by atoms with Gasteiger partial charge in [0.05, 0.1) is 16.8 Å². The van der Waals surface area contributed by atoms with Crippen LogP contribution in [0.25, 0.3) is 16.6 Å². The zero-order chi connectivity index (χ0) is 29.6. The number of ether oxygens (including phenoxy) is 1. The van der Waals surface area contributed by atoms with Crippen LogP contribution in [0.4, 0.5) is 33.3 Å². The van der Waals surface area contributed by atoms with Crippen molar-refractivity contribution in [3.63, 3.8) is 0 Å². The summed E-state index contributed by atoms with van der Waals surface area (Å²) in [6.07, 6.45) is 0.670. The Labute approximate surface area is 233 Å². The Morgan fingerprint density at radius 2 is 1.90 bits per heavy atom. The highest BCUT2D eigenvalue weighted by molar-refractivity contribution is 6.10. The van der Waals surface area contributed by atoms with Gasteiger partial charge in [-0.1, -0.05) is 19.4 Å². The van der Waals surface area contributed by atoms with Crippen molar-refractivity contribution < 1.29 is 31.5 Å². The first kappa shape index (κ1) is 28.3. The summed E-state index contributed by atoms with van der Waals surface area (Å²) in [7, 11) is 0. The number of alkyl halides is 3. The van der Waals surface area contributed by atoms with Gasteiger partial charge in [-0.05, 0) is 68.1 Å². The van der Waals surface area contributed by atoms with Crippen molar-refractivity contribution >= 4 is 28.9 Å². The zero-order valence-corrected chi connectivity index (χ0v) is 22.7. The summed E-state index contributed by atoms with van der Waals surface area (Å²) in [5.41, 5.74) is 5.13. The number of halogens is 5. The minimum atomic E-state index is -4.72. The molecule has 2 aromatic carbocycles. The van der Waals surface area contributed by atoms with Crippen molar-refractivity contribution in [1.82, 2.24) is 4.40 Å². The van der Waals surface area contributed by atoms with Gasteiger partial charge >= 0.3 is 6.18 Å². The molecule has 2 N–H and O–H groups in total. The molecule has 0 aliphatic carbocycles. The van der Waals surface area contributed by atoms with E-state index < -0.39 is 40.9 Å². The fraction of sp³-hybridized carbons (Fsp3) is 0.290. The highest BCUT2D eigenvalue weighted by atomic mass is 19.4. The van der Waals surface area contributed by atoms with Gasteiger partial charge in [-0.2, -0.15) is 13.2 Å². The molecule has 4 aromatic rings. The lowest BCUT2D eigenvalue weighted by molar-refractivity contribution is -0.137. The van der Waals surface area contributed by atoms with E-state index in [9.17, 15) is 26.7 Å². The number of aryl methyl sites for hydroxylation is 1. The number of hydrogen-bond acceptors (Lipinski definition) is 4. The molecule has 2 aromatic heterocycles. The van der Waals surface area contributed by atoms with Crippen molar-refractivity contribution in [3.8, 4) is 16.9 Å². The number of nitrogens with two attached hydrogens (primary N) is 1. The van der Waals surface area contributed by atoms with Crippen LogP contribution in [0.2, 0.25) is 0 Å². The number of unbranched alkanes of at least 4 members (excludes halogenated alkanes) is 2. The van der Waals surface area contributed by atoms with Crippen LogP contribution in [0.1, 0.15) is 65.9 Å². The summed E-state index contributed by atoms with van der Waals surface area (Å²) in [6, 6.07) is 7.35. The van der Waals surface area contributed by atoms with Crippen LogP contribution in [0.3, 0.4) is 0 Å². The van der Waals surface area contributed by atoms with Gasteiger partial charge in [0.1, 0.15) is 29.1 Å². The molecule has 0 saturated heterocycles. The number of anilines is 1. The Morgan fingerprint density at radius 1 is 1.20 bits per heavy atom. The third-order valence-electron chi connectivity index (χ3n) is 7.20. The number of carbonyl (C=O) groups is 1. The number of nitrogen functional groups attached to an aromatic ring is 1. The van der Waals surface area contributed by atoms with Gasteiger partial charge in [0.15, 0.2) is 5.75 Å². The van der Waals surface area contributed by atoms with Gasteiger partial charge in [-0.15, -0.1) is 0 Å². The third-order valence-corrected chi connectivity index (χ3v) is 7.20. The van der Waals surface area contributed by atoms with E-state index in [0.717, 1.165) is 31.0 Å². The van der Waals surface area contributed by atoms with Crippen molar-refractivity contribution in [2.75, 3.05) is 5.73 Å². The number of aliphatic imine (C=N–C) groups is 1. The predicted molar refractivity (Wildman–Crippen MR) is 148 cm³/mol. The minimum Gasteiger partial charge on any atom is -0.487 e. The van der Waals surface area contributed by atoms with Crippen LogP contribution in [0.15, 0.2) is 47.6 Å². The lowest BCUT2D eigenvalue weighted by Gasteiger charge is -2.26. The van der Waals surface area contributed by atoms with Gasteiger partial charge in [-0.25, -0.2) is 8.78 Å². The molecule has 0 spiro atoms. The van der Waals surface area contributed by atoms with E-state index in [1.165, 1.54) is 22.7 Å². The largest absolute Gasteiger partial charge is 0.487 e. The summed E-state index contributed by atoms with van der Waals surface area (Å²) in [5, 5.41) is 0. The number of nitrogens with zero attached hydrogens (tertiary/aromatic N) is 2. The summed E-state index contributed by atoms with van der Waals surface area (Å²) >= 11 is 0. The number of ketones is 1. The molecule has 0 fully saturated rings. The van der Waals surface area contributed by atoms with Crippen LogP contribution in [0.5, 0.6) is 5.75 Å². The van der Waals surface area contributed by atoms with Gasteiger partial charge in [-0.3, -0.25) is 9.79 Å². The second kappa shape index (κ2) is 10.6. The Kier molecular flexibility index (Phi) is 7.35. The fourth-order valence-electron chi connectivity index (χ4n) is 5.28. The Balaban J connectivity index is 1.80. The predicted octanol–water partition coefficient (Wildman–Crippen LogP) is 8.24. The lowest BCUT2D eigenvalue weighted by atomic mass is 9.91. The average Bonchev–Trinajstić information content (AvgIpc) is 3.27. The first-order chi connectivity index (χ1) is 19.4. The van der Waals surface area contributed by atoms with Crippen molar-refractivity contribution in [2.24, 2.45) is 4.99 Å². The maximum atomic E-state index is 14.6. The van der Waals surface area contributed by atoms with Crippen LogP contribution < -0.4 is 10.5 Å². The van der Waals surface area contributed by atoms with Crippen LogP contribution in [0, 0.1) is 18.6 Å². The van der Waals surface area contributed by atoms with Gasteiger partial charge in [0.2, 0.25) is 5.78 Å². The Bertz CT molecular complexity index is 1680. The average molecular weight is 570 g/mol. The Hall–Kier alpha value is -4.21. The van der Waals surface area contributed by atoms with Crippen molar-refractivity contribution in [3.05, 3.63) is 82.2 Å². The molecular weight excluding hydrogens is 541 g/mol. The smallest absolute Gasteiger partial charge is 0.417 e. The fourth-order valence-corrected chi connectivity index (χ4v) is 5.28. The molecular formula is C31H28F5N3O2. The maximum Gasteiger partial charge on any atom is 0.417 e. The van der Waals surface area contributed by atoms with E-state index in [2.05, 4.69) is 4.99 Å². The molecule has 0 amide bonds. The molecule has 1 unspecified atom stereocenters. The first-order valence-electron chi connectivity index (χ1n) is 13.3. The summed E-state index contributed by atoms with van der Waals surface area (Å²) in [6.45, 7) is 5.33. The quantitative estimate of drug-likeness (QED) is 0.0836. The van der Waals surface area contributed by atoms with E-state index in [1.54, 1.807) is 26.1 Å². The molecule has 0 radical (unpaired) electrons. The SMILES string of the molecule is CCCCC=Nc1c(C)cc(C(F)(F)F)c2c1OC(C)Cc1cc(C(=O)c3cc(F)c(N)c(F)c3)n3cccc-2c13. The molecule has 10 heteroatoms. The van der Waals surface area contributed by atoms with E-state index in [-0.39, 0.29) is 34.6 Å². The van der Waals surface area contributed by atoms with Gasteiger partial charge < -0.3 is 14.9 Å². The van der Waals surface area contributed by atoms with E-state index in [4.69, 9.17) is 10.5 Å². The van der Waals surface area contributed by atoms with Crippen LogP contribution >= 0.6 is 0 Å². The highest BCUT2D eigenvalue weighted by Gasteiger charge is 2.39. The zero-order valence-electron chi connectivity index (χ0n) is 22.7. The molecule has 3 heterocycles. The molecule has 1 atom stereocenters. The molecule has 5 rings (SSSR count). The minimum absolute atomic E-state index is 0.0214. The van der Waals surface area contributed by atoms with E-state index in [0.29, 0.717) is 28.8 Å². The van der Waals surface area contributed by atoms with Crippen molar-refractivity contribution in [2.45, 2.75) is 58.7 Å². The third kappa shape index (κ3) is 5.07. The molecule has 0 bridgehead atoms. The van der Waals surface area contributed by atoms with Gasteiger partial charge in [0.25, 0.3) is 0 Å². The molecule has 1 aliphatic heterocycles. The molecule has 0 saturated carbocycles. The Morgan fingerprint density at radius 3 is 2.56 bits per heavy atom. The maximum absolute atomic E-state index is 14.6. The topological polar surface area (TPSA) is 69.1 Å².